The molecule has 1 rings (SSSR count). The fourth-order valence-corrected chi connectivity index (χ4v) is 4.77. The molecule has 0 heterocycles. The van der Waals surface area contributed by atoms with Gasteiger partial charge in [-0.05, 0) is 32.6 Å². The van der Waals surface area contributed by atoms with Crippen LogP contribution < -0.4 is 15.4 Å². The first kappa shape index (κ1) is 25.1. The van der Waals surface area contributed by atoms with E-state index in [0.29, 0.717) is 25.6 Å². The highest BCUT2D eigenvalue weighted by molar-refractivity contribution is 14.0. The topological polar surface area (TPSA) is 99.7 Å². The van der Waals surface area contributed by atoms with Crippen molar-refractivity contribution in [2.75, 3.05) is 31.6 Å². The van der Waals surface area contributed by atoms with Crippen LogP contribution in [0.1, 0.15) is 46.0 Å². The summed E-state index contributed by atoms with van der Waals surface area (Å²) in [6.07, 6.45) is 4.80. The number of sulfonamides is 1. The molecule has 3 unspecified atom stereocenters. The van der Waals surface area contributed by atoms with Gasteiger partial charge in [0.15, 0.2) is 5.96 Å². The van der Waals surface area contributed by atoms with Crippen LogP contribution >= 0.6 is 24.0 Å². The second kappa shape index (κ2) is 13.3. The van der Waals surface area contributed by atoms with Gasteiger partial charge in [0.25, 0.3) is 0 Å². The molecule has 0 aliphatic heterocycles. The summed E-state index contributed by atoms with van der Waals surface area (Å²) in [5.41, 5.74) is 0. The van der Waals surface area contributed by atoms with Crippen molar-refractivity contribution in [2.45, 2.75) is 57.2 Å². The van der Waals surface area contributed by atoms with E-state index in [1.54, 1.807) is 14.0 Å². The molecule has 0 saturated heterocycles. The predicted molar refractivity (Wildman–Crippen MR) is 117 cm³/mol. The van der Waals surface area contributed by atoms with Gasteiger partial charge in [-0.1, -0.05) is 13.3 Å². The zero-order chi connectivity index (χ0) is 18.0. The molecule has 0 aromatic rings. The Labute approximate surface area is 172 Å². The second-order valence-corrected chi connectivity index (χ2v) is 10.1. The van der Waals surface area contributed by atoms with Crippen molar-refractivity contribution in [3.63, 3.8) is 0 Å². The van der Waals surface area contributed by atoms with Crippen LogP contribution in [0.2, 0.25) is 0 Å². The molecule has 10 heteroatoms. The monoisotopic (exact) mass is 508 g/mol. The van der Waals surface area contributed by atoms with Crippen LogP contribution in [0.4, 0.5) is 0 Å². The van der Waals surface area contributed by atoms with Crippen LogP contribution in [0.3, 0.4) is 0 Å². The summed E-state index contributed by atoms with van der Waals surface area (Å²) in [5, 5.41) is 6.89. The average Bonchev–Trinajstić information content (AvgIpc) is 2.59. The Hall–Kier alpha value is 0.0600. The van der Waals surface area contributed by atoms with Gasteiger partial charge < -0.3 is 10.6 Å². The standard InChI is InChI=1S/C15H32N4O3S2.HI/c1-4-23(20)14-9-6-8-13(12-14)19-15(16-3)17-10-7-11-18-24(21,22)5-2;/h13-14,18H,4-12H2,1-3H3,(H2,16,17,19);1H. The molecule has 0 aromatic carbocycles. The van der Waals surface area contributed by atoms with Gasteiger partial charge in [0, 0.05) is 48.0 Å². The lowest BCUT2D eigenvalue weighted by Gasteiger charge is -2.30. The largest absolute Gasteiger partial charge is 0.356 e. The Morgan fingerprint density at radius 1 is 1.24 bits per heavy atom. The number of nitrogens with one attached hydrogen (secondary N) is 3. The molecule has 3 atom stereocenters. The van der Waals surface area contributed by atoms with Gasteiger partial charge in [-0.3, -0.25) is 9.20 Å². The van der Waals surface area contributed by atoms with Crippen molar-refractivity contribution in [2.24, 2.45) is 4.99 Å². The van der Waals surface area contributed by atoms with Crippen molar-refractivity contribution in [1.82, 2.24) is 15.4 Å². The fourth-order valence-electron chi connectivity index (χ4n) is 2.76. The maximum absolute atomic E-state index is 12.0. The number of halogens is 1. The number of hydrogen-bond donors (Lipinski definition) is 3. The SMILES string of the molecule is CCS(=O)C1CCCC(NC(=NC)NCCCNS(=O)(=O)CC)C1.I. The lowest BCUT2D eigenvalue weighted by molar-refractivity contribution is 0.413. The molecule has 1 aliphatic rings. The predicted octanol–water partition coefficient (Wildman–Crippen LogP) is 1.18. The van der Waals surface area contributed by atoms with Crippen LogP contribution in [0.25, 0.3) is 0 Å². The van der Waals surface area contributed by atoms with Crippen LogP contribution in [0, 0.1) is 0 Å². The molecule has 3 N–H and O–H groups in total. The van der Waals surface area contributed by atoms with Crippen LogP contribution in [0.5, 0.6) is 0 Å². The fraction of sp³-hybridized carbons (Fsp3) is 0.933. The van der Waals surface area contributed by atoms with Crippen molar-refractivity contribution in [3.05, 3.63) is 0 Å². The minimum absolute atomic E-state index is 0. The van der Waals surface area contributed by atoms with Gasteiger partial charge in [0.05, 0.1) is 5.75 Å². The highest BCUT2D eigenvalue weighted by Gasteiger charge is 2.25. The van der Waals surface area contributed by atoms with Gasteiger partial charge in [0.1, 0.15) is 0 Å². The van der Waals surface area contributed by atoms with E-state index in [2.05, 4.69) is 20.3 Å². The third kappa shape index (κ3) is 10.1. The first-order valence-corrected chi connectivity index (χ1v) is 11.8. The molecule has 7 nitrogen and oxygen atoms in total. The van der Waals surface area contributed by atoms with Crippen LogP contribution in [0.15, 0.2) is 4.99 Å². The van der Waals surface area contributed by atoms with Gasteiger partial charge >= 0.3 is 0 Å². The molecule has 0 radical (unpaired) electrons. The number of hydrogen-bond acceptors (Lipinski definition) is 4. The van der Waals surface area contributed by atoms with Gasteiger partial charge in [0.2, 0.25) is 10.0 Å². The maximum atomic E-state index is 12.0. The summed E-state index contributed by atoms with van der Waals surface area (Å²) < 4.78 is 37.2. The Balaban J connectivity index is 0.00000576. The molecule has 25 heavy (non-hydrogen) atoms. The summed E-state index contributed by atoms with van der Waals surface area (Å²) in [6, 6.07) is 0.295. The zero-order valence-electron chi connectivity index (χ0n) is 15.4. The highest BCUT2D eigenvalue weighted by atomic mass is 127. The molecular weight excluding hydrogens is 475 g/mol. The minimum atomic E-state index is -3.12. The van der Waals surface area contributed by atoms with Gasteiger partial charge in [-0.15, -0.1) is 24.0 Å². The normalized spacial score (nSPS) is 22.8. The summed E-state index contributed by atoms with van der Waals surface area (Å²) in [4.78, 5) is 4.21. The number of rotatable bonds is 9. The summed E-state index contributed by atoms with van der Waals surface area (Å²) >= 11 is 0. The Morgan fingerprint density at radius 2 is 1.96 bits per heavy atom. The number of guanidine groups is 1. The van der Waals surface area contributed by atoms with Crippen LogP contribution in [-0.2, 0) is 20.8 Å². The van der Waals surface area contributed by atoms with E-state index in [0.717, 1.165) is 37.4 Å². The average molecular weight is 508 g/mol. The van der Waals surface area contributed by atoms with E-state index in [1.807, 2.05) is 6.92 Å². The van der Waals surface area contributed by atoms with E-state index in [4.69, 9.17) is 0 Å². The van der Waals surface area contributed by atoms with E-state index in [-0.39, 0.29) is 35.0 Å². The molecule has 0 bridgehead atoms. The Kier molecular flexibility index (Phi) is 13.3. The van der Waals surface area contributed by atoms with Crippen LogP contribution in [-0.4, -0.2) is 61.5 Å². The van der Waals surface area contributed by atoms with Crippen molar-refractivity contribution in [3.8, 4) is 0 Å². The highest BCUT2D eigenvalue weighted by Crippen LogP contribution is 2.22. The third-order valence-electron chi connectivity index (χ3n) is 4.19. The molecular formula is C15H33IN4O3S2. The van der Waals surface area contributed by atoms with Gasteiger partial charge in [-0.2, -0.15) is 0 Å². The maximum Gasteiger partial charge on any atom is 0.211 e. The van der Waals surface area contributed by atoms with Crippen molar-refractivity contribution >= 4 is 50.8 Å². The first-order valence-electron chi connectivity index (χ1n) is 8.73. The Morgan fingerprint density at radius 3 is 2.56 bits per heavy atom. The summed E-state index contributed by atoms with van der Waals surface area (Å²) in [7, 11) is -2.13. The van der Waals surface area contributed by atoms with Crippen molar-refractivity contribution in [1.29, 1.82) is 0 Å². The van der Waals surface area contributed by atoms with Gasteiger partial charge in [-0.25, -0.2) is 13.1 Å². The Bertz CT molecular complexity index is 529. The quantitative estimate of drug-likeness (QED) is 0.188. The lowest BCUT2D eigenvalue weighted by Crippen LogP contribution is -2.47. The lowest BCUT2D eigenvalue weighted by atomic mass is 9.95. The molecule has 0 amide bonds. The first-order chi connectivity index (χ1) is 11.4. The zero-order valence-corrected chi connectivity index (χ0v) is 19.4. The third-order valence-corrected chi connectivity index (χ3v) is 7.34. The smallest absolute Gasteiger partial charge is 0.211 e. The number of aliphatic imine (C=N–C) groups is 1. The minimum Gasteiger partial charge on any atom is -0.356 e. The van der Waals surface area contributed by atoms with E-state index >= 15 is 0 Å². The molecule has 1 aliphatic carbocycles. The van der Waals surface area contributed by atoms with Crippen molar-refractivity contribution < 1.29 is 12.6 Å². The molecule has 1 saturated carbocycles. The summed E-state index contributed by atoms with van der Waals surface area (Å²) in [5.74, 6) is 1.55. The summed E-state index contributed by atoms with van der Waals surface area (Å²) in [6.45, 7) is 4.65. The second-order valence-electron chi connectivity index (χ2n) is 5.95. The van der Waals surface area contributed by atoms with E-state index in [9.17, 15) is 12.6 Å². The number of nitrogens with zero attached hydrogens (tertiary/aromatic N) is 1. The van der Waals surface area contributed by atoms with E-state index in [1.165, 1.54) is 0 Å². The molecule has 1 fully saturated rings. The molecule has 0 aromatic heterocycles. The molecule has 0 spiro atoms. The molecule has 150 valence electrons. The van der Waals surface area contributed by atoms with E-state index < -0.39 is 20.8 Å².